The highest BCUT2D eigenvalue weighted by atomic mass is 32.2. The predicted octanol–water partition coefficient (Wildman–Crippen LogP) is 0.147. The van der Waals surface area contributed by atoms with Gasteiger partial charge in [0, 0.05) is 14.1 Å². The first-order valence-corrected chi connectivity index (χ1v) is 6.75. The molecule has 1 aromatic rings. The molecule has 0 aromatic heterocycles. The second kappa shape index (κ2) is 5.36. The molecule has 0 radical (unpaired) electrons. The van der Waals surface area contributed by atoms with Crippen LogP contribution in [0.3, 0.4) is 0 Å². The van der Waals surface area contributed by atoms with Gasteiger partial charge in [0.2, 0.25) is 15.9 Å². The first kappa shape index (κ1) is 14.5. The van der Waals surface area contributed by atoms with Gasteiger partial charge in [-0.2, -0.15) is 4.72 Å². The maximum Gasteiger partial charge on any atom is 0.244 e. The molecule has 1 unspecified atom stereocenters. The van der Waals surface area contributed by atoms with Crippen molar-refractivity contribution in [3.63, 3.8) is 0 Å². The molecule has 0 saturated carbocycles. The van der Waals surface area contributed by atoms with Crippen molar-refractivity contribution in [2.75, 3.05) is 14.1 Å². The molecule has 0 heterocycles. The molecule has 2 N–H and O–H groups in total. The molecule has 0 aliphatic heterocycles. The van der Waals surface area contributed by atoms with E-state index < -0.39 is 16.1 Å². The highest BCUT2D eigenvalue weighted by molar-refractivity contribution is 7.89. The molecule has 1 amide bonds. The van der Waals surface area contributed by atoms with Crippen LogP contribution in [0.25, 0.3) is 0 Å². The second-order valence-corrected chi connectivity index (χ2v) is 5.73. The smallest absolute Gasteiger partial charge is 0.244 e. The Morgan fingerprint density at radius 3 is 2.39 bits per heavy atom. The molecule has 1 atom stereocenters. The van der Waals surface area contributed by atoms with E-state index in [1.807, 2.05) is 0 Å². The second-order valence-electron chi connectivity index (χ2n) is 4.04. The number of carbonyl (C=O) groups excluding carboxylic acids is 1. The molecule has 1 rings (SSSR count). The number of likely N-dealkylation sites (N-methyl/N-ethyl adjacent to an activating group) is 1. The Morgan fingerprint density at radius 1 is 1.33 bits per heavy atom. The van der Waals surface area contributed by atoms with Crippen molar-refractivity contribution < 1.29 is 18.3 Å². The van der Waals surface area contributed by atoms with Gasteiger partial charge >= 0.3 is 0 Å². The summed E-state index contributed by atoms with van der Waals surface area (Å²) in [6, 6.07) is 4.65. The molecule has 0 aliphatic carbocycles. The third kappa shape index (κ3) is 3.21. The van der Waals surface area contributed by atoms with Gasteiger partial charge in [0.15, 0.2) is 0 Å². The fourth-order valence-electron chi connectivity index (χ4n) is 1.42. The van der Waals surface area contributed by atoms with Crippen molar-refractivity contribution in [2.45, 2.75) is 17.9 Å². The molecule has 6 nitrogen and oxygen atoms in total. The van der Waals surface area contributed by atoms with Gasteiger partial charge in [0.05, 0.1) is 6.04 Å². The average molecular weight is 272 g/mol. The van der Waals surface area contributed by atoms with E-state index in [1.165, 1.54) is 50.2 Å². The summed E-state index contributed by atoms with van der Waals surface area (Å²) in [4.78, 5) is 12.6. The molecular formula is C11H16N2O4S. The van der Waals surface area contributed by atoms with E-state index in [9.17, 15) is 18.3 Å². The van der Waals surface area contributed by atoms with Crippen molar-refractivity contribution in [2.24, 2.45) is 0 Å². The zero-order valence-corrected chi connectivity index (χ0v) is 11.2. The van der Waals surface area contributed by atoms with E-state index in [0.717, 1.165) is 0 Å². The summed E-state index contributed by atoms with van der Waals surface area (Å²) in [7, 11) is -0.847. The Hall–Kier alpha value is -1.60. The molecular weight excluding hydrogens is 256 g/mol. The van der Waals surface area contributed by atoms with Gasteiger partial charge in [-0.25, -0.2) is 8.42 Å². The van der Waals surface area contributed by atoms with Crippen molar-refractivity contribution in [3.8, 4) is 5.75 Å². The van der Waals surface area contributed by atoms with Crippen molar-refractivity contribution in [3.05, 3.63) is 24.3 Å². The minimum atomic E-state index is -3.92. The van der Waals surface area contributed by atoms with Crippen LogP contribution < -0.4 is 4.72 Å². The third-order valence-electron chi connectivity index (χ3n) is 2.30. The number of nitrogens with one attached hydrogen (secondary N) is 1. The molecule has 0 fully saturated rings. The summed E-state index contributed by atoms with van der Waals surface area (Å²) in [5.41, 5.74) is 0. The normalized spacial score (nSPS) is 13.1. The number of rotatable bonds is 4. The van der Waals surface area contributed by atoms with E-state index in [2.05, 4.69) is 4.72 Å². The zero-order valence-electron chi connectivity index (χ0n) is 10.4. The monoisotopic (exact) mass is 272 g/mol. The fraction of sp³-hybridized carbons (Fsp3) is 0.364. The number of hydrogen-bond acceptors (Lipinski definition) is 4. The Kier molecular flexibility index (Phi) is 4.31. The Labute approximate surface area is 106 Å². The summed E-state index contributed by atoms with van der Waals surface area (Å²) in [5.74, 6) is -0.719. The summed E-state index contributed by atoms with van der Waals surface area (Å²) >= 11 is 0. The molecule has 0 spiro atoms. The van der Waals surface area contributed by atoms with Crippen LogP contribution in [0.15, 0.2) is 29.2 Å². The number of nitrogens with zero attached hydrogens (tertiary/aromatic N) is 1. The summed E-state index contributed by atoms with van der Waals surface area (Å²) in [6.07, 6.45) is 0. The molecule has 18 heavy (non-hydrogen) atoms. The number of benzene rings is 1. The summed E-state index contributed by atoms with van der Waals surface area (Å²) in [5, 5.41) is 9.49. The van der Waals surface area contributed by atoms with Crippen LogP contribution in [0.2, 0.25) is 0 Å². The molecule has 0 bridgehead atoms. The number of aromatic hydroxyl groups is 1. The standard InChI is InChI=1S/C11H16N2O4S/c1-8(11(15)13(2)3)12-18(16,17)10-7-5-4-6-9(10)14/h4-8,12,14H,1-3H3. The van der Waals surface area contributed by atoms with Crippen LogP contribution in [-0.4, -0.2) is 44.5 Å². The largest absolute Gasteiger partial charge is 0.507 e. The number of hydrogen-bond donors (Lipinski definition) is 2. The van der Waals surface area contributed by atoms with Crippen molar-refractivity contribution >= 4 is 15.9 Å². The molecule has 7 heteroatoms. The molecule has 0 saturated heterocycles. The molecule has 100 valence electrons. The van der Waals surface area contributed by atoms with E-state index in [-0.39, 0.29) is 16.6 Å². The molecule has 1 aromatic carbocycles. The van der Waals surface area contributed by atoms with Crippen LogP contribution in [-0.2, 0) is 14.8 Å². The van der Waals surface area contributed by atoms with Gasteiger partial charge in [0.25, 0.3) is 0 Å². The Balaban J connectivity index is 2.97. The first-order chi connectivity index (χ1) is 8.25. The highest BCUT2D eigenvalue weighted by Crippen LogP contribution is 2.21. The van der Waals surface area contributed by atoms with Crippen LogP contribution in [0.4, 0.5) is 0 Å². The first-order valence-electron chi connectivity index (χ1n) is 5.27. The highest BCUT2D eigenvalue weighted by Gasteiger charge is 2.24. The number of phenolic OH excluding ortho intramolecular Hbond substituents is 1. The van der Waals surface area contributed by atoms with Gasteiger partial charge in [-0.05, 0) is 19.1 Å². The predicted molar refractivity (Wildman–Crippen MR) is 66.6 cm³/mol. The number of phenols is 1. The van der Waals surface area contributed by atoms with E-state index >= 15 is 0 Å². The minimum absolute atomic E-state index is 0.247. The lowest BCUT2D eigenvalue weighted by Gasteiger charge is -2.18. The zero-order chi connectivity index (χ0) is 13.9. The average Bonchev–Trinajstić information content (AvgIpc) is 2.27. The SMILES string of the molecule is CC(NS(=O)(=O)c1ccccc1O)C(=O)N(C)C. The van der Waals surface area contributed by atoms with Gasteiger partial charge < -0.3 is 10.0 Å². The fourth-order valence-corrected chi connectivity index (χ4v) is 2.71. The van der Waals surface area contributed by atoms with E-state index in [1.54, 1.807) is 0 Å². The number of carbonyl (C=O) groups is 1. The van der Waals surface area contributed by atoms with E-state index in [0.29, 0.717) is 0 Å². The maximum absolute atomic E-state index is 11.9. The topological polar surface area (TPSA) is 86.7 Å². The summed E-state index contributed by atoms with van der Waals surface area (Å²) < 4.78 is 26.1. The van der Waals surface area contributed by atoms with Crippen LogP contribution in [0, 0.1) is 0 Å². The Bertz CT molecular complexity index is 540. The third-order valence-corrected chi connectivity index (χ3v) is 3.89. The van der Waals surface area contributed by atoms with Crippen molar-refractivity contribution in [1.29, 1.82) is 0 Å². The Morgan fingerprint density at radius 2 is 1.89 bits per heavy atom. The quantitative estimate of drug-likeness (QED) is 0.816. The molecule has 0 aliphatic rings. The summed E-state index contributed by atoms with van der Waals surface area (Å²) in [6.45, 7) is 1.44. The number of sulfonamides is 1. The van der Waals surface area contributed by atoms with Crippen molar-refractivity contribution in [1.82, 2.24) is 9.62 Å². The van der Waals surface area contributed by atoms with Gasteiger partial charge in [-0.3, -0.25) is 4.79 Å². The number of amides is 1. The van der Waals surface area contributed by atoms with Gasteiger partial charge in [-0.15, -0.1) is 0 Å². The number of para-hydroxylation sites is 1. The minimum Gasteiger partial charge on any atom is -0.507 e. The lowest BCUT2D eigenvalue weighted by atomic mass is 10.3. The van der Waals surface area contributed by atoms with Gasteiger partial charge in [-0.1, -0.05) is 12.1 Å². The van der Waals surface area contributed by atoms with Crippen LogP contribution in [0.5, 0.6) is 5.75 Å². The lowest BCUT2D eigenvalue weighted by Crippen LogP contribution is -2.44. The van der Waals surface area contributed by atoms with E-state index in [4.69, 9.17) is 0 Å². The maximum atomic E-state index is 11.9. The lowest BCUT2D eigenvalue weighted by molar-refractivity contribution is -0.130. The van der Waals surface area contributed by atoms with Crippen LogP contribution in [0.1, 0.15) is 6.92 Å². The van der Waals surface area contributed by atoms with Crippen LogP contribution >= 0.6 is 0 Å². The van der Waals surface area contributed by atoms with Gasteiger partial charge in [0.1, 0.15) is 10.6 Å².